The number of piperazine rings is 1. The highest BCUT2D eigenvalue weighted by molar-refractivity contribution is 9.10. The quantitative estimate of drug-likeness (QED) is 0.521. The second-order valence-corrected chi connectivity index (χ2v) is 9.96. The molecule has 0 spiro atoms. The van der Waals surface area contributed by atoms with Gasteiger partial charge in [0.1, 0.15) is 16.7 Å². The Morgan fingerprint density at radius 1 is 1.03 bits per heavy atom. The van der Waals surface area contributed by atoms with Crippen molar-refractivity contribution in [2.45, 2.75) is 32.6 Å². The molecule has 170 valence electrons. The van der Waals surface area contributed by atoms with E-state index in [0.29, 0.717) is 0 Å². The van der Waals surface area contributed by atoms with Gasteiger partial charge in [-0.15, -0.1) is 0 Å². The molecule has 1 N–H and O–H groups in total. The first kappa shape index (κ1) is 21.9. The van der Waals surface area contributed by atoms with Crippen molar-refractivity contribution >= 4 is 50.1 Å². The summed E-state index contributed by atoms with van der Waals surface area (Å²) in [5.74, 6) is 0.931. The summed E-state index contributed by atoms with van der Waals surface area (Å²) in [4.78, 5) is 16.2. The van der Waals surface area contributed by atoms with Crippen molar-refractivity contribution in [1.82, 2.24) is 25.1 Å². The highest BCUT2D eigenvalue weighted by Gasteiger charge is 2.24. The third kappa shape index (κ3) is 4.45. The number of rotatable bonds is 6. The monoisotopic (exact) mass is 517 g/mol. The molecule has 0 bridgehead atoms. The molecule has 2 aromatic heterocycles. The molecule has 0 saturated carbocycles. The fraction of sp³-hybridized carbons (Fsp3) is 0.522. The highest BCUT2D eigenvalue weighted by atomic mass is 79.9. The number of aromatic nitrogens is 4. The Bertz CT molecular complexity index is 1090. The summed E-state index contributed by atoms with van der Waals surface area (Å²) in [6.07, 6.45) is 6.58. The Balaban J connectivity index is 1.27. The number of nitrogens with one attached hydrogen (secondary N) is 1. The summed E-state index contributed by atoms with van der Waals surface area (Å²) < 4.78 is 0.759. The molecule has 0 atom stereocenters. The van der Waals surface area contributed by atoms with E-state index < -0.39 is 0 Å². The summed E-state index contributed by atoms with van der Waals surface area (Å²) in [6.45, 7) is 9.59. The van der Waals surface area contributed by atoms with Gasteiger partial charge in [0.25, 0.3) is 0 Å². The van der Waals surface area contributed by atoms with Gasteiger partial charge in [-0.3, -0.25) is 5.10 Å². The Labute approximate surface area is 202 Å². The SMILES string of the molecule is Cc1c(CCCN2CCCC2)cc(Cl)cc1N1CCN(c2ncnc3[nH]nc(Br)c23)CC1. The summed E-state index contributed by atoms with van der Waals surface area (Å²) >= 11 is 10.1. The van der Waals surface area contributed by atoms with E-state index in [1.165, 1.54) is 55.7 Å². The zero-order chi connectivity index (χ0) is 22.1. The van der Waals surface area contributed by atoms with Crippen LogP contribution in [0.4, 0.5) is 11.5 Å². The average Bonchev–Trinajstić information content (AvgIpc) is 3.46. The molecule has 4 heterocycles. The molecule has 3 aromatic rings. The van der Waals surface area contributed by atoms with Gasteiger partial charge in [-0.05, 0) is 91.4 Å². The number of aromatic amines is 1. The lowest BCUT2D eigenvalue weighted by Crippen LogP contribution is -2.47. The van der Waals surface area contributed by atoms with E-state index in [9.17, 15) is 0 Å². The number of anilines is 2. The molecule has 0 radical (unpaired) electrons. The second kappa shape index (κ2) is 9.53. The standard InChI is InChI=1S/C23H29BrClN7/c1-16-17(5-4-8-30-6-2-3-7-30)13-18(25)14-19(16)31-9-11-32(12-10-31)23-20-21(24)28-29-22(20)26-15-27-23/h13-15H,2-12H2,1H3,(H,26,27,28,29). The third-order valence-electron chi connectivity index (χ3n) is 6.79. The molecule has 32 heavy (non-hydrogen) atoms. The predicted octanol–water partition coefficient (Wildman–Crippen LogP) is 4.43. The van der Waals surface area contributed by atoms with Crippen molar-refractivity contribution < 1.29 is 0 Å². The van der Waals surface area contributed by atoms with Gasteiger partial charge < -0.3 is 14.7 Å². The van der Waals surface area contributed by atoms with Crippen LogP contribution in [-0.4, -0.2) is 70.9 Å². The first-order valence-corrected chi connectivity index (χ1v) is 12.6. The van der Waals surface area contributed by atoms with Crippen molar-refractivity contribution in [1.29, 1.82) is 0 Å². The molecular formula is C23H29BrClN7. The van der Waals surface area contributed by atoms with Gasteiger partial charge in [-0.2, -0.15) is 5.10 Å². The second-order valence-electron chi connectivity index (χ2n) is 8.77. The van der Waals surface area contributed by atoms with E-state index in [1.807, 2.05) is 0 Å². The van der Waals surface area contributed by atoms with Crippen molar-refractivity contribution in [2.24, 2.45) is 0 Å². The van der Waals surface area contributed by atoms with Crippen molar-refractivity contribution in [3.63, 3.8) is 0 Å². The minimum atomic E-state index is 0.758. The van der Waals surface area contributed by atoms with Crippen LogP contribution in [0, 0.1) is 6.92 Å². The van der Waals surface area contributed by atoms with E-state index in [4.69, 9.17) is 11.6 Å². The molecule has 2 fully saturated rings. The molecule has 2 saturated heterocycles. The van der Waals surface area contributed by atoms with Crippen LogP contribution in [0.5, 0.6) is 0 Å². The Morgan fingerprint density at radius 3 is 2.56 bits per heavy atom. The number of benzene rings is 1. The molecule has 0 unspecified atom stereocenters. The Morgan fingerprint density at radius 2 is 1.78 bits per heavy atom. The topological polar surface area (TPSA) is 64.2 Å². The van der Waals surface area contributed by atoms with Gasteiger partial charge in [0.15, 0.2) is 5.65 Å². The van der Waals surface area contributed by atoms with Crippen LogP contribution in [0.1, 0.15) is 30.4 Å². The van der Waals surface area contributed by atoms with Crippen molar-refractivity contribution in [3.05, 3.63) is 39.2 Å². The maximum Gasteiger partial charge on any atom is 0.161 e. The number of hydrogen-bond acceptors (Lipinski definition) is 6. The molecule has 0 aliphatic carbocycles. The van der Waals surface area contributed by atoms with Gasteiger partial charge in [0, 0.05) is 36.9 Å². The minimum Gasteiger partial charge on any atom is -0.368 e. The van der Waals surface area contributed by atoms with Crippen LogP contribution in [-0.2, 0) is 6.42 Å². The van der Waals surface area contributed by atoms with Crippen molar-refractivity contribution in [2.75, 3.05) is 55.6 Å². The van der Waals surface area contributed by atoms with Crippen LogP contribution < -0.4 is 9.80 Å². The van der Waals surface area contributed by atoms with Gasteiger partial charge >= 0.3 is 0 Å². The molecule has 7 nitrogen and oxygen atoms in total. The van der Waals surface area contributed by atoms with E-state index in [2.05, 4.69) is 69.9 Å². The van der Waals surface area contributed by atoms with E-state index in [0.717, 1.165) is 59.1 Å². The molecule has 1 aromatic carbocycles. The molecular weight excluding hydrogens is 490 g/mol. The largest absolute Gasteiger partial charge is 0.368 e. The molecule has 5 rings (SSSR count). The Kier molecular flexibility index (Phi) is 6.53. The Hall–Kier alpha value is -1.90. The number of H-pyrrole nitrogens is 1. The van der Waals surface area contributed by atoms with Gasteiger partial charge in [-0.25, -0.2) is 9.97 Å². The fourth-order valence-electron chi connectivity index (χ4n) is 5.02. The van der Waals surface area contributed by atoms with Crippen LogP contribution in [0.3, 0.4) is 0 Å². The molecule has 0 amide bonds. The number of likely N-dealkylation sites (tertiary alicyclic amines) is 1. The van der Waals surface area contributed by atoms with Crippen molar-refractivity contribution in [3.8, 4) is 0 Å². The number of hydrogen-bond donors (Lipinski definition) is 1. The number of aryl methyl sites for hydroxylation is 1. The van der Waals surface area contributed by atoms with Crippen LogP contribution in [0.2, 0.25) is 5.02 Å². The normalized spacial score (nSPS) is 17.6. The highest BCUT2D eigenvalue weighted by Crippen LogP contribution is 2.32. The zero-order valence-electron chi connectivity index (χ0n) is 18.4. The minimum absolute atomic E-state index is 0.758. The van der Waals surface area contributed by atoms with E-state index in [1.54, 1.807) is 6.33 Å². The smallest absolute Gasteiger partial charge is 0.161 e. The lowest BCUT2D eigenvalue weighted by atomic mass is 10.0. The first-order chi connectivity index (χ1) is 15.6. The van der Waals surface area contributed by atoms with E-state index >= 15 is 0 Å². The summed E-state index contributed by atoms with van der Waals surface area (Å²) in [6, 6.07) is 4.29. The van der Waals surface area contributed by atoms with Crippen LogP contribution in [0.15, 0.2) is 23.1 Å². The summed E-state index contributed by atoms with van der Waals surface area (Å²) in [7, 11) is 0. The van der Waals surface area contributed by atoms with E-state index in [-0.39, 0.29) is 0 Å². The fourth-order valence-corrected chi connectivity index (χ4v) is 5.70. The third-order valence-corrected chi connectivity index (χ3v) is 7.58. The number of halogens is 2. The van der Waals surface area contributed by atoms with Gasteiger partial charge in [0.05, 0.1) is 5.39 Å². The maximum atomic E-state index is 6.56. The van der Waals surface area contributed by atoms with Gasteiger partial charge in [0.2, 0.25) is 0 Å². The first-order valence-electron chi connectivity index (χ1n) is 11.5. The van der Waals surface area contributed by atoms with Crippen LogP contribution in [0.25, 0.3) is 11.0 Å². The number of fused-ring (bicyclic) bond motifs is 1. The number of nitrogens with zero attached hydrogens (tertiary/aromatic N) is 6. The molecule has 9 heteroatoms. The zero-order valence-corrected chi connectivity index (χ0v) is 20.8. The predicted molar refractivity (Wildman–Crippen MR) is 134 cm³/mol. The molecule has 2 aliphatic heterocycles. The lowest BCUT2D eigenvalue weighted by molar-refractivity contribution is 0.334. The van der Waals surface area contributed by atoms with Crippen LogP contribution >= 0.6 is 27.5 Å². The van der Waals surface area contributed by atoms with Gasteiger partial charge in [-0.1, -0.05) is 11.6 Å². The lowest BCUT2D eigenvalue weighted by Gasteiger charge is -2.38. The average molecular weight is 519 g/mol. The maximum absolute atomic E-state index is 6.56. The summed E-state index contributed by atoms with van der Waals surface area (Å²) in [5, 5.41) is 8.96. The summed E-state index contributed by atoms with van der Waals surface area (Å²) in [5.41, 5.74) is 4.78. The molecule has 2 aliphatic rings.